The minimum atomic E-state index is -1.28. The van der Waals surface area contributed by atoms with Gasteiger partial charge in [-0.25, -0.2) is 4.39 Å². The fourth-order valence-corrected chi connectivity index (χ4v) is 4.92. The van der Waals surface area contributed by atoms with E-state index in [-0.39, 0.29) is 12.5 Å². The highest BCUT2D eigenvalue weighted by Crippen LogP contribution is 2.34. The molecule has 0 saturated carbocycles. The largest absolute Gasteiger partial charge is 0.338 e. The highest BCUT2D eigenvalue weighted by Gasteiger charge is 2.36. The van der Waals surface area contributed by atoms with E-state index >= 15 is 4.39 Å². The molecule has 1 N–H and O–H groups in total. The van der Waals surface area contributed by atoms with E-state index in [1.807, 2.05) is 31.3 Å². The summed E-state index contributed by atoms with van der Waals surface area (Å²) in [5, 5.41) is 3.17. The molecule has 0 atom stereocenters. The molecule has 0 radical (unpaired) electrons. The van der Waals surface area contributed by atoms with Crippen LogP contribution >= 0.6 is 43.2 Å². The Morgan fingerprint density at radius 1 is 1.38 bits per heavy atom. The number of carbonyl (C=O) groups excluding carboxylic acids is 1. The van der Waals surface area contributed by atoms with E-state index in [1.165, 1.54) is 11.3 Å². The van der Waals surface area contributed by atoms with E-state index in [1.54, 1.807) is 4.90 Å². The van der Waals surface area contributed by atoms with Crippen molar-refractivity contribution in [1.29, 1.82) is 0 Å². The molecule has 0 spiro atoms. The first-order chi connectivity index (χ1) is 12.4. The number of likely N-dealkylation sites (tertiary alicyclic amines) is 1. The number of hydrogen-bond donors (Lipinski definition) is 1. The maximum absolute atomic E-state index is 15.0. The molecular formula is C18H20Br2FN3OS. The summed E-state index contributed by atoms with van der Waals surface area (Å²) in [5.41, 5.74) is 0.733. The lowest BCUT2D eigenvalue weighted by atomic mass is 9.93. The van der Waals surface area contributed by atoms with Gasteiger partial charge >= 0.3 is 0 Å². The first-order valence-corrected chi connectivity index (χ1v) is 10.8. The molecule has 3 rings (SSSR count). The van der Waals surface area contributed by atoms with Gasteiger partial charge in [-0.3, -0.25) is 9.78 Å². The van der Waals surface area contributed by atoms with Crippen LogP contribution in [-0.2, 0) is 6.54 Å². The zero-order valence-electron chi connectivity index (χ0n) is 14.4. The topological polar surface area (TPSA) is 45.2 Å². The molecule has 2 aromatic rings. The van der Waals surface area contributed by atoms with Crippen LogP contribution in [0.25, 0.3) is 0 Å². The standard InChI is InChI=1S/C18H20Br2FN3OS/c1-12-2-3-13(23-9-12)10-22-11-18(21)4-6-24(7-5-18)17(25)15-8-14(19)16(20)26-15/h2-3,8-9,22H,4-7,10-11H2,1H3. The van der Waals surface area contributed by atoms with Gasteiger partial charge in [-0.15, -0.1) is 11.3 Å². The van der Waals surface area contributed by atoms with Crippen molar-refractivity contribution in [2.24, 2.45) is 0 Å². The molecule has 0 bridgehead atoms. The third-order valence-corrected chi connectivity index (χ3v) is 7.77. The lowest BCUT2D eigenvalue weighted by Crippen LogP contribution is -2.48. The molecule has 1 aliphatic heterocycles. The number of nitrogens with zero attached hydrogens (tertiary/aromatic N) is 2. The summed E-state index contributed by atoms with van der Waals surface area (Å²) < 4.78 is 16.8. The molecule has 0 aromatic carbocycles. The van der Waals surface area contributed by atoms with E-state index in [9.17, 15) is 4.79 Å². The van der Waals surface area contributed by atoms with Gasteiger partial charge in [0.25, 0.3) is 5.91 Å². The predicted octanol–water partition coefficient (Wildman–Crippen LogP) is 4.71. The van der Waals surface area contributed by atoms with Crippen molar-refractivity contribution in [2.75, 3.05) is 19.6 Å². The normalized spacial score (nSPS) is 16.7. The first kappa shape index (κ1) is 19.9. The maximum Gasteiger partial charge on any atom is 0.264 e. The van der Waals surface area contributed by atoms with Gasteiger partial charge in [0.2, 0.25) is 0 Å². The second-order valence-corrected chi connectivity index (χ2v) is 9.83. The summed E-state index contributed by atoms with van der Waals surface area (Å²) in [6, 6.07) is 5.76. The van der Waals surface area contributed by atoms with Gasteiger partial charge < -0.3 is 10.2 Å². The van der Waals surface area contributed by atoms with Crippen LogP contribution in [0.5, 0.6) is 0 Å². The molecule has 140 valence electrons. The van der Waals surface area contributed by atoms with Gasteiger partial charge in [-0.05, 0) is 56.5 Å². The Bertz CT molecular complexity index is 754. The Labute approximate surface area is 173 Å². The second-order valence-electron chi connectivity index (χ2n) is 6.61. The van der Waals surface area contributed by atoms with Crippen LogP contribution in [0.1, 0.15) is 33.8 Å². The van der Waals surface area contributed by atoms with Crippen molar-refractivity contribution >= 4 is 49.1 Å². The van der Waals surface area contributed by atoms with Crippen LogP contribution in [-0.4, -0.2) is 41.1 Å². The molecule has 3 heterocycles. The number of piperidine rings is 1. The molecule has 26 heavy (non-hydrogen) atoms. The Kier molecular flexibility index (Phi) is 6.48. The van der Waals surface area contributed by atoms with Crippen molar-refractivity contribution in [3.05, 3.63) is 48.8 Å². The third-order valence-electron chi connectivity index (χ3n) is 4.52. The van der Waals surface area contributed by atoms with Gasteiger partial charge in [0.05, 0.1) is 14.4 Å². The van der Waals surface area contributed by atoms with Gasteiger partial charge in [-0.1, -0.05) is 6.07 Å². The SMILES string of the molecule is Cc1ccc(CNCC2(F)CCN(C(=O)c3cc(Br)c(Br)s3)CC2)nc1. The van der Waals surface area contributed by atoms with Gasteiger partial charge in [0, 0.05) is 49.7 Å². The highest BCUT2D eigenvalue weighted by molar-refractivity contribution is 9.13. The Morgan fingerprint density at radius 3 is 2.69 bits per heavy atom. The average molecular weight is 505 g/mol. The summed E-state index contributed by atoms with van der Waals surface area (Å²) in [7, 11) is 0. The highest BCUT2D eigenvalue weighted by atomic mass is 79.9. The zero-order valence-corrected chi connectivity index (χ0v) is 18.4. The van der Waals surface area contributed by atoms with Gasteiger partial charge in [0.1, 0.15) is 5.67 Å². The van der Waals surface area contributed by atoms with E-state index in [4.69, 9.17) is 0 Å². The van der Waals surface area contributed by atoms with E-state index < -0.39 is 5.67 Å². The summed E-state index contributed by atoms with van der Waals surface area (Å²) in [6.45, 7) is 3.69. The monoisotopic (exact) mass is 503 g/mol. The number of carbonyl (C=O) groups is 1. The molecule has 1 saturated heterocycles. The van der Waals surface area contributed by atoms with Crippen LogP contribution < -0.4 is 5.32 Å². The van der Waals surface area contributed by atoms with Crippen molar-refractivity contribution in [2.45, 2.75) is 32.0 Å². The summed E-state index contributed by atoms with van der Waals surface area (Å²) >= 11 is 8.20. The minimum absolute atomic E-state index is 0.0275. The zero-order chi connectivity index (χ0) is 18.7. The molecular weight excluding hydrogens is 485 g/mol. The fraction of sp³-hybridized carbons (Fsp3) is 0.444. The van der Waals surface area contributed by atoms with Crippen molar-refractivity contribution in [3.63, 3.8) is 0 Å². The molecule has 0 unspecified atom stereocenters. The summed E-state index contributed by atoms with van der Waals surface area (Å²) in [6.07, 6.45) is 2.51. The maximum atomic E-state index is 15.0. The molecule has 1 aliphatic rings. The molecule has 1 amide bonds. The molecule has 0 aliphatic carbocycles. The van der Waals surface area contributed by atoms with Crippen LogP contribution in [0.4, 0.5) is 4.39 Å². The number of aryl methyl sites for hydroxylation is 1. The lowest BCUT2D eigenvalue weighted by molar-refractivity contribution is 0.0438. The minimum Gasteiger partial charge on any atom is -0.338 e. The summed E-state index contributed by atoms with van der Waals surface area (Å²) in [5.74, 6) is -0.0275. The number of thiophene rings is 1. The second kappa shape index (κ2) is 8.46. The Balaban J connectivity index is 1.48. The molecule has 8 heteroatoms. The van der Waals surface area contributed by atoms with Crippen LogP contribution in [0.2, 0.25) is 0 Å². The smallest absolute Gasteiger partial charge is 0.264 e. The molecule has 4 nitrogen and oxygen atoms in total. The van der Waals surface area contributed by atoms with Crippen molar-refractivity contribution in [1.82, 2.24) is 15.2 Å². The number of alkyl halides is 1. The molecule has 1 fully saturated rings. The number of halogens is 3. The number of amides is 1. The van der Waals surface area contributed by atoms with Crippen LogP contribution in [0.3, 0.4) is 0 Å². The van der Waals surface area contributed by atoms with E-state index in [0.29, 0.717) is 37.4 Å². The number of pyridine rings is 1. The number of aromatic nitrogens is 1. The van der Waals surface area contributed by atoms with Crippen molar-refractivity contribution in [3.8, 4) is 0 Å². The van der Waals surface area contributed by atoms with E-state index in [2.05, 4.69) is 42.2 Å². The third kappa shape index (κ3) is 4.91. The Morgan fingerprint density at radius 2 is 2.12 bits per heavy atom. The average Bonchev–Trinajstić information content (AvgIpc) is 2.96. The Hall–Kier alpha value is -0.830. The number of hydrogen-bond acceptors (Lipinski definition) is 4. The lowest BCUT2D eigenvalue weighted by Gasteiger charge is -2.36. The molecule has 2 aromatic heterocycles. The quantitative estimate of drug-likeness (QED) is 0.641. The first-order valence-electron chi connectivity index (χ1n) is 8.42. The number of nitrogens with one attached hydrogen (secondary N) is 1. The fourth-order valence-electron chi connectivity index (χ4n) is 2.91. The van der Waals surface area contributed by atoms with E-state index in [0.717, 1.165) is 19.5 Å². The van der Waals surface area contributed by atoms with Gasteiger partial charge in [0.15, 0.2) is 0 Å². The predicted molar refractivity (Wildman–Crippen MR) is 109 cm³/mol. The van der Waals surface area contributed by atoms with Gasteiger partial charge in [-0.2, -0.15) is 0 Å². The number of rotatable bonds is 5. The van der Waals surface area contributed by atoms with Crippen LogP contribution in [0, 0.1) is 6.92 Å². The van der Waals surface area contributed by atoms with Crippen molar-refractivity contribution < 1.29 is 9.18 Å². The van der Waals surface area contributed by atoms with Crippen LogP contribution in [0.15, 0.2) is 32.7 Å². The summed E-state index contributed by atoms with van der Waals surface area (Å²) in [4.78, 5) is 19.3.